The van der Waals surface area contributed by atoms with E-state index in [0.717, 1.165) is 0 Å². The van der Waals surface area contributed by atoms with Gasteiger partial charge < -0.3 is 24.8 Å². The van der Waals surface area contributed by atoms with Crippen LogP contribution in [0, 0.1) is 0 Å². The van der Waals surface area contributed by atoms with Gasteiger partial charge in [-0.05, 0) is 0 Å². The summed E-state index contributed by atoms with van der Waals surface area (Å²) in [6, 6.07) is 0. The Balaban J connectivity index is 2.04. The van der Waals surface area contributed by atoms with Gasteiger partial charge in [0, 0.05) is 13.1 Å². The number of imidazole rings is 1. The Morgan fingerprint density at radius 1 is 1.37 bits per heavy atom. The average molecular weight is 287 g/mol. The van der Waals surface area contributed by atoms with Crippen molar-refractivity contribution in [2.45, 2.75) is 13.1 Å². The SMILES string of the molecule is NCc1ncnc2c1ncn2CCOCP(=O)(O)O. The van der Waals surface area contributed by atoms with Crippen LogP contribution >= 0.6 is 7.60 Å². The normalized spacial score (nSPS) is 12.2. The first-order valence-corrected chi connectivity index (χ1v) is 7.28. The topological polar surface area (TPSA) is 136 Å². The minimum absolute atomic E-state index is 0.151. The standard InChI is InChI=1S/C9H14N5O4P/c10-3-7-8-9(12-4-11-7)14(5-13-8)1-2-18-6-19(15,16)17/h4-5H,1-3,6,10H2,(H2,15,16,17). The molecule has 0 amide bonds. The van der Waals surface area contributed by atoms with E-state index in [-0.39, 0.29) is 13.2 Å². The van der Waals surface area contributed by atoms with Gasteiger partial charge in [-0.15, -0.1) is 0 Å². The lowest BCUT2D eigenvalue weighted by molar-refractivity contribution is 0.149. The lowest BCUT2D eigenvalue weighted by Crippen LogP contribution is -2.07. The van der Waals surface area contributed by atoms with E-state index < -0.39 is 13.9 Å². The molecule has 0 bridgehead atoms. The molecule has 0 radical (unpaired) electrons. The Kier molecular flexibility index (Phi) is 4.23. The molecule has 0 unspecified atom stereocenters. The molecule has 0 aliphatic carbocycles. The van der Waals surface area contributed by atoms with Crippen molar-refractivity contribution in [2.75, 3.05) is 13.0 Å². The molecule has 0 saturated carbocycles. The zero-order valence-electron chi connectivity index (χ0n) is 10.0. The van der Waals surface area contributed by atoms with Gasteiger partial charge in [0.15, 0.2) is 5.65 Å². The van der Waals surface area contributed by atoms with Gasteiger partial charge in [-0.3, -0.25) is 4.57 Å². The number of fused-ring (bicyclic) bond motifs is 1. The maximum Gasteiger partial charge on any atom is 0.350 e. The summed E-state index contributed by atoms with van der Waals surface area (Å²) in [5.41, 5.74) is 7.44. The number of nitrogens with two attached hydrogens (primary N) is 1. The first-order valence-electron chi connectivity index (χ1n) is 5.48. The number of hydrogen-bond acceptors (Lipinski definition) is 6. The summed E-state index contributed by atoms with van der Waals surface area (Å²) in [6.45, 7) is 0.806. The maximum atomic E-state index is 10.6. The first kappa shape index (κ1) is 14.0. The molecule has 0 spiro atoms. The molecule has 0 fully saturated rings. The fourth-order valence-corrected chi connectivity index (χ4v) is 1.96. The van der Waals surface area contributed by atoms with Crippen LogP contribution in [0.5, 0.6) is 0 Å². The molecule has 2 aromatic rings. The number of hydrogen-bond donors (Lipinski definition) is 3. The lowest BCUT2D eigenvalue weighted by atomic mass is 10.3. The quantitative estimate of drug-likeness (QED) is 0.475. The molecule has 0 atom stereocenters. The smallest absolute Gasteiger partial charge is 0.350 e. The molecule has 0 aliphatic rings. The molecule has 2 heterocycles. The molecule has 10 heteroatoms. The molecule has 19 heavy (non-hydrogen) atoms. The Morgan fingerprint density at radius 2 is 2.16 bits per heavy atom. The van der Waals surface area contributed by atoms with Gasteiger partial charge in [0.1, 0.15) is 18.2 Å². The molecule has 2 aromatic heterocycles. The summed E-state index contributed by atoms with van der Waals surface area (Å²) in [4.78, 5) is 29.6. The van der Waals surface area contributed by atoms with Crippen LogP contribution in [0.4, 0.5) is 0 Å². The van der Waals surface area contributed by atoms with Crippen molar-refractivity contribution in [3.63, 3.8) is 0 Å². The van der Waals surface area contributed by atoms with Crippen LogP contribution in [-0.2, 0) is 22.4 Å². The minimum Gasteiger partial charge on any atom is -0.367 e. The summed E-state index contributed by atoms with van der Waals surface area (Å²) in [7, 11) is -4.12. The van der Waals surface area contributed by atoms with Crippen molar-refractivity contribution in [2.24, 2.45) is 5.73 Å². The second-order valence-corrected chi connectivity index (χ2v) is 5.42. The zero-order chi connectivity index (χ0) is 13.9. The monoisotopic (exact) mass is 287 g/mol. The van der Waals surface area contributed by atoms with Crippen molar-refractivity contribution < 1.29 is 19.1 Å². The summed E-state index contributed by atoms with van der Waals surface area (Å²) < 4.78 is 17.2. The molecule has 0 saturated heterocycles. The third-order valence-electron chi connectivity index (χ3n) is 2.41. The van der Waals surface area contributed by atoms with Gasteiger partial charge in [-0.2, -0.15) is 0 Å². The van der Waals surface area contributed by atoms with Gasteiger partial charge in [0.2, 0.25) is 0 Å². The van der Waals surface area contributed by atoms with Crippen molar-refractivity contribution in [3.05, 3.63) is 18.3 Å². The third-order valence-corrected chi connectivity index (χ3v) is 2.93. The Bertz CT molecular complexity index is 610. The Hall–Kier alpha value is -1.38. The van der Waals surface area contributed by atoms with Crippen molar-refractivity contribution >= 4 is 18.8 Å². The highest BCUT2D eigenvalue weighted by atomic mass is 31.2. The van der Waals surface area contributed by atoms with E-state index >= 15 is 0 Å². The van der Waals surface area contributed by atoms with E-state index in [1.165, 1.54) is 6.33 Å². The Morgan fingerprint density at radius 3 is 2.84 bits per heavy atom. The molecule has 0 aliphatic heterocycles. The third kappa shape index (κ3) is 3.55. The van der Waals surface area contributed by atoms with Crippen LogP contribution in [0.25, 0.3) is 11.2 Å². The molecule has 2 rings (SSSR count). The second kappa shape index (κ2) is 5.72. The van der Waals surface area contributed by atoms with E-state index in [4.69, 9.17) is 20.3 Å². The Labute approximate surface area is 108 Å². The summed E-state index contributed by atoms with van der Waals surface area (Å²) in [6.07, 6.45) is 2.38. The molecule has 4 N–H and O–H groups in total. The zero-order valence-corrected chi connectivity index (χ0v) is 10.9. The van der Waals surface area contributed by atoms with E-state index in [1.54, 1.807) is 10.9 Å². The van der Waals surface area contributed by atoms with Crippen LogP contribution in [0.1, 0.15) is 5.69 Å². The highest BCUT2D eigenvalue weighted by Gasteiger charge is 2.13. The molecular weight excluding hydrogens is 273 g/mol. The van der Waals surface area contributed by atoms with Crippen LogP contribution < -0.4 is 5.73 Å². The predicted molar refractivity (Wildman–Crippen MR) is 66.1 cm³/mol. The molecule has 0 aromatic carbocycles. The van der Waals surface area contributed by atoms with E-state index in [9.17, 15) is 4.57 Å². The summed E-state index contributed by atoms with van der Waals surface area (Å²) in [5.74, 6) is 0. The van der Waals surface area contributed by atoms with Gasteiger partial charge in [0.25, 0.3) is 0 Å². The fourth-order valence-electron chi connectivity index (χ4n) is 1.59. The van der Waals surface area contributed by atoms with E-state index in [1.807, 2.05) is 0 Å². The van der Waals surface area contributed by atoms with Gasteiger partial charge in [-0.25, -0.2) is 15.0 Å². The van der Waals surface area contributed by atoms with Gasteiger partial charge >= 0.3 is 7.60 Å². The predicted octanol–water partition coefficient (Wildman–Crippen LogP) is -0.563. The number of nitrogens with zero attached hydrogens (tertiary/aromatic N) is 4. The van der Waals surface area contributed by atoms with Crippen LogP contribution in [0.3, 0.4) is 0 Å². The summed E-state index contributed by atoms with van der Waals surface area (Å²) in [5, 5.41) is 0. The van der Waals surface area contributed by atoms with Crippen LogP contribution in [-0.4, -0.2) is 42.3 Å². The van der Waals surface area contributed by atoms with Crippen molar-refractivity contribution in [1.29, 1.82) is 0 Å². The number of aromatic nitrogens is 4. The average Bonchev–Trinajstić information content (AvgIpc) is 2.76. The molecular formula is C9H14N5O4P. The second-order valence-electron chi connectivity index (χ2n) is 3.84. The highest BCUT2D eigenvalue weighted by Crippen LogP contribution is 2.33. The van der Waals surface area contributed by atoms with Gasteiger partial charge in [0.05, 0.1) is 18.6 Å². The fraction of sp³-hybridized carbons (Fsp3) is 0.444. The first-order chi connectivity index (χ1) is 9.01. The molecule has 104 valence electrons. The maximum absolute atomic E-state index is 10.6. The van der Waals surface area contributed by atoms with Crippen molar-refractivity contribution in [1.82, 2.24) is 19.5 Å². The van der Waals surface area contributed by atoms with Crippen LogP contribution in [0.15, 0.2) is 12.7 Å². The van der Waals surface area contributed by atoms with Crippen LogP contribution in [0.2, 0.25) is 0 Å². The van der Waals surface area contributed by atoms with Gasteiger partial charge in [-0.1, -0.05) is 0 Å². The largest absolute Gasteiger partial charge is 0.367 e. The molecule has 9 nitrogen and oxygen atoms in total. The minimum atomic E-state index is -4.12. The highest BCUT2D eigenvalue weighted by molar-refractivity contribution is 7.51. The van der Waals surface area contributed by atoms with E-state index in [2.05, 4.69) is 15.0 Å². The van der Waals surface area contributed by atoms with E-state index in [0.29, 0.717) is 23.4 Å². The lowest BCUT2D eigenvalue weighted by Gasteiger charge is -2.06. The van der Waals surface area contributed by atoms with Crippen molar-refractivity contribution in [3.8, 4) is 0 Å². The number of rotatable bonds is 6. The summed E-state index contributed by atoms with van der Waals surface area (Å²) >= 11 is 0. The number of ether oxygens (including phenoxy) is 1.